The Balaban J connectivity index is 2.24. The number of nitrogens with one attached hydrogen (secondary N) is 1. The second kappa shape index (κ2) is 5.43. The first-order valence-corrected chi connectivity index (χ1v) is 6.17. The second-order valence-electron chi connectivity index (χ2n) is 3.56. The van der Waals surface area contributed by atoms with Gasteiger partial charge in [-0.3, -0.25) is 4.79 Å². The quantitative estimate of drug-likeness (QED) is 0.812. The summed E-state index contributed by atoms with van der Waals surface area (Å²) in [5.41, 5.74) is -0.0841. The fourth-order valence-corrected chi connectivity index (χ4v) is 1.88. The minimum Gasteiger partial charge on any atom is -0.319 e. The zero-order valence-electron chi connectivity index (χ0n) is 9.08. The molecular formula is C13H8F2INO. The summed E-state index contributed by atoms with van der Waals surface area (Å²) in [5, 5.41) is 2.34. The normalized spacial score (nSPS) is 10.2. The van der Waals surface area contributed by atoms with Crippen LogP contribution in [-0.2, 0) is 0 Å². The van der Waals surface area contributed by atoms with Crippen molar-refractivity contribution in [1.82, 2.24) is 0 Å². The van der Waals surface area contributed by atoms with Crippen LogP contribution in [0.1, 0.15) is 10.4 Å². The number of hydrogen-bond donors (Lipinski definition) is 1. The van der Waals surface area contributed by atoms with Crippen LogP contribution in [0.15, 0.2) is 42.5 Å². The van der Waals surface area contributed by atoms with E-state index in [1.165, 1.54) is 30.3 Å². The van der Waals surface area contributed by atoms with Gasteiger partial charge in [-0.2, -0.15) is 0 Å². The lowest BCUT2D eigenvalue weighted by Crippen LogP contribution is -2.14. The van der Waals surface area contributed by atoms with Gasteiger partial charge in [0, 0.05) is 3.57 Å². The average molecular weight is 359 g/mol. The highest BCUT2D eigenvalue weighted by Gasteiger charge is 2.12. The molecule has 0 aliphatic carbocycles. The molecule has 0 spiro atoms. The Morgan fingerprint density at radius 2 is 1.78 bits per heavy atom. The van der Waals surface area contributed by atoms with Gasteiger partial charge in [0.25, 0.3) is 5.91 Å². The number of halogens is 3. The van der Waals surface area contributed by atoms with E-state index in [1.54, 1.807) is 12.1 Å². The van der Waals surface area contributed by atoms with Gasteiger partial charge in [0.15, 0.2) is 0 Å². The molecule has 0 bridgehead atoms. The zero-order chi connectivity index (χ0) is 13.1. The molecule has 2 rings (SSSR count). The van der Waals surface area contributed by atoms with E-state index >= 15 is 0 Å². The van der Waals surface area contributed by atoms with Crippen molar-refractivity contribution in [3.8, 4) is 0 Å². The maximum absolute atomic E-state index is 13.5. The van der Waals surface area contributed by atoms with Gasteiger partial charge in [-0.05, 0) is 52.9 Å². The van der Waals surface area contributed by atoms with Crippen LogP contribution in [0.2, 0.25) is 0 Å². The molecule has 0 aliphatic heterocycles. The van der Waals surface area contributed by atoms with Crippen molar-refractivity contribution in [3.05, 3.63) is 63.2 Å². The first-order valence-electron chi connectivity index (χ1n) is 5.09. The molecule has 18 heavy (non-hydrogen) atoms. The summed E-state index contributed by atoms with van der Waals surface area (Å²) in [6.07, 6.45) is 0. The van der Waals surface area contributed by atoms with Crippen molar-refractivity contribution < 1.29 is 13.6 Å². The highest BCUT2D eigenvalue weighted by atomic mass is 127. The van der Waals surface area contributed by atoms with Gasteiger partial charge in [0.05, 0.1) is 11.3 Å². The summed E-state index contributed by atoms with van der Waals surface area (Å²) < 4.78 is 27.6. The molecule has 1 N–H and O–H groups in total. The third-order valence-electron chi connectivity index (χ3n) is 2.30. The van der Waals surface area contributed by atoms with Crippen LogP contribution < -0.4 is 5.32 Å². The smallest absolute Gasteiger partial charge is 0.258 e. The number of benzene rings is 2. The molecule has 0 saturated heterocycles. The lowest BCUT2D eigenvalue weighted by molar-refractivity contribution is 0.102. The third-order valence-corrected chi connectivity index (χ3v) is 2.97. The van der Waals surface area contributed by atoms with Crippen molar-refractivity contribution in [1.29, 1.82) is 0 Å². The number of hydrogen-bond acceptors (Lipinski definition) is 1. The third kappa shape index (κ3) is 2.84. The van der Waals surface area contributed by atoms with E-state index in [0.717, 1.165) is 0 Å². The number of carbonyl (C=O) groups excluding carboxylic acids is 1. The van der Waals surface area contributed by atoms with Gasteiger partial charge < -0.3 is 5.32 Å². The Hall–Kier alpha value is -1.50. The fraction of sp³-hybridized carbons (Fsp3) is 0. The lowest BCUT2D eigenvalue weighted by Gasteiger charge is -2.07. The number of carbonyl (C=O) groups is 1. The van der Waals surface area contributed by atoms with Gasteiger partial charge in [-0.25, -0.2) is 8.78 Å². The average Bonchev–Trinajstić information content (AvgIpc) is 2.33. The van der Waals surface area contributed by atoms with Gasteiger partial charge in [-0.15, -0.1) is 0 Å². The first-order chi connectivity index (χ1) is 8.58. The van der Waals surface area contributed by atoms with E-state index in [9.17, 15) is 13.6 Å². The Bertz CT molecular complexity index is 601. The largest absolute Gasteiger partial charge is 0.319 e. The van der Waals surface area contributed by atoms with E-state index in [0.29, 0.717) is 3.57 Å². The fourth-order valence-electron chi connectivity index (χ4n) is 1.43. The standard InChI is InChI=1S/C13H8F2INO/c14-10-4-2-1-3-9(10)13(18)17-12-6-5-8(16)7-11(12)15/h1-7H,(H,17,18). The molecule has 2 aromatic carbocycles. The number of rotatable bonds is 2. The molecule has 0 saturated carbocycles. The Morgan fingerprint density at radius 1 is 1.06 bits per heavy atom. The topological polar surface area (TPSA) is 29.1 Å². The Kier molecular flexibility index (Phi) is 3.90. The monoisotopic (exact) mass is 359 g/mol. The van der Waals surface area contributed by atoms with Crippen molar-refractivity contribution >= 4 is 34.2 Å². The Labute approximate surface area is 116 Å². The molecule has 2 nitrogen and oxygen atoms in total. The molecule has 2 aromatic rings. The van der Waals surface area contributed by atoms with Crippen LogP contribution in [0, 0.1) is 15.2 Å². The van der Waals surface area contributed by atoms with Crippen LogP contribution in [0.3, 0.4) is 0 Å². The van der Waals surface area contributed by atoms with Crippen molar-refractivity contribution in [3.63, 3.8) is 0 Å². The maximum atomic E-state index is 13.5. The molecule has 0 aromatic heterocycles. The van der Waals surface area contributed by atoms with E-state index in [1.807, 2.05) is 22.6 Å². The van der Waals surface area contributed by atoms with Gasteiger partial charge in [0.2, 0.25) is 0 Å². The van der Waals surface area contributed by atoms with Crippen molar-refractivity contribution in [2.24, 2.45) is 0 Å². The van der Waals surface area contributed by atoms with Crippen molar-refractivity contribution in [2.75, 3.05) is 5.32 Å². The van der Waals surface area contributed by atoms with Gasteiger partial charge in [0.1, 0.15) is 11.6 Å². The predicted octanol–water partition coefficient (Wildman–Crippen LogP) is 3.82. The van der Waals surface area contributed by atoms with Crippen LogP contribution in [-0.4, -0.2) is 5.91 Å². The van der Waals surface area contributed by atoms with E-state index in [-0.39, 0.29) is 11.3 Å². The molecule has 0 unspecified atom stereocenters. The summed E-state index contributed by atoms with van der Waals surface area (Å²) in [5.74, 6) is -1.86. The number of amides is 1. The summed E-state index contributed by atoms with van der Waals surface area (Å²) in [4.78, 5) is 11.8. The molecule has 1 amide bonds. The molecular weight excluding hydrogens is 351 g/mol. The minimum atomic E-state index is -0.673. The van der Waals surface area contributed by atoms with Gasteiger partial charge in [-0.1, -0.05) is 12.1 Å². The zero-order valence-corrected chi connectivity index (χ0v) is 11.2. The molecule has 92 valence electrons. The molecule has 0 radical (unpaired) electrons. The van der Waals surface area contributed by atoms with E-state index in [4.69, 9.17) is 0 Å². The second-order valence-corrected chi connectivity index (χ2v) is 4.80. The van der Waals surface area contributed by atoms with Crippen LogP contribution in [0.4, 0.5) is 14.5 Å². The maximum Gasteiger partial charge on any atom is 0.258 e. The van der Waals surface area contributed by atoms with Crippen molar-refractivity contribution in [2.45, 2.75) is 0 Å². The van der Waals surface area contributed by atoms with E-state index in [2.05, 4.69) is 5.32 Å². The molecule has 0 heterocycles. The van der Waals surface area contributed by atoms with E-state index < -0.39 is 17.5 Å². The van der Waals surface area contributed by atoms with Crippen LogP contribution >= 0.6 is 22.6 Å². The molecule has 0 aliphatic rings. The SMILES string of the molecule is O=C(Nc1ccc(I)cc1F)c1ccccc1F. The summed E-state index contributed by atoms with van der Waals surface area (Å²) in [6.45, 7) is 0. The molecule has 0 fully saturated rings. The highest BCUT2D eigenvalue weighted by molar-refractivity contribution is 14.1. The first kappa shape index (κ1) is 12.9. The number of anilines is 1. The predicted molar refractivity (Wildman–Crippen MR) is 73.5 cm³/mol. The molecule has 0 atom stereocenters. The van der Waals surface area contributed by atoms with Gasteiger partial charge >= 0.3 is 0 Å². The van der Waals surface area contributed by atoms with Crippen LogP contribution in [0.25, 0.3) is 0 Å². The lowest BCUT2D eigenvalue weighted by atomic mass is 10.2. The van der Waals surface area contributed by atoms with Crippen LogP contribution in [0.5, 0.6) is 0 Å². The molecule has 5 heteroatoms. The highest BCUT2D eigenvalue weighted by Crippen LogP contribution is 2.18. The summed E-state index contributed by atoms with van der Waals surface area (Å²) in [6, 6.07) is 9.93. The summed E-state index contributed by atoms with van der Waals surface area (Å²) in [7, 11) is 0. The minimum absolute atomic E-state index is 0.0312. The summed E-state index contributed by atoms with van der Waals surface area (Å²) >= 11 is 1.96. The Morgan fingerprint density at radius 3 is 2.44 bits per heavy atom.